The molecule has 13 heteroatoms. The van der Waals surface area contributed by atoms with Gasteiger partial charge in [0, 0.05) is 12.8 Å². The van der Waals surface area contributed by atoms with Crippen molar-refractivity contribution in [3.63, 3.8) is 0 Å². The van der Waals surface area contributed by atoms with Gasteiger partial charge in [-0.25, -0.2) is 0 Å². The normalized spacial score (nSPS) is 11.4. The third-order valence-corrected chi connectivity index (χ3v) is 8.93. The van der Waals surface area contributed by atoms with Crippen LogP contribution in [0.3, 0.4) is 0 Å². The molecule has 0 bridgehead atoms. The van der Waals surface area contributed by atoms with E-state index < -0.39 is 0 Å². The van der Waals surface area contributed by atoms with Crippen molar-refractivity contribution in [1.29, 1.82) is 0 Å². The third kappa shape index (κ3) is 50.7. The van der Waals surface area contributed by atoms with Crippen molar-refractivity contribution < 1.29 is 61.7 Å². The van der Waals surface area contributed by atoms with E-state index in [-0.39, 0.29) is 25.2 Å². The number of rotatable bonds is 50. The molecule has 0 rings (SSSR count). The number of unbranched alkanes of at least 4 members (excludes halogenated alkanes) is 16. The average Bonchev–Trinajstić information content (AvgIpc) is 3.21. The Labute approximate surface area is 347 Å². The summed E-state index contributed by atoms with van der Waals surface area (Å²) in [5.74, 6) is -0.282. The van der Waals surface area contributed by atoms with Gasteiger partial charge in [-0.1, -0.05) is 117 Å². The number of hydrogen-bond donors (Lipinski definition) is 0. The molecule has 13 nitrogen and oxygen atoms in total. The van der Waals surface area contributed by atoms with Crippen LogP contribution >= 0.6 is 0 Å². The van der Waals surface area contributed by atoms with E-state index in [4.69, 9.17) is 52.1 Å². The molecule has 0 N–H and O–H groups in total. The van der Waals surface area contributed by atoms with Crippen LogP contribution in [-0.4, -0.2) is 144 Å². The highest BCUT2D eigenvalue weighted by atomic mass is 16.6. The molecule has 0 aliphatic carbocycles. The van der Waals surface area contributed by atoms with Gasteiger partial charge in [-0.2, -0.15) is 0 Å². The predicted molar refractivity (Wildman–Crippen MR) is 223 cm³/mol. The van der Waals surface area contributed by atoms with Gasteiger partial charge in [0.1, 0.15) is 13.2 Å². The maximum atomic E-state index is 11.9. The predicted octanol–water partition coefficient (Wildman–Crippen LogP) is 8.06. The van der Waals surface area contributed by atoms with Crippen molar-refractivity contribution in [2.24, 2.45) is 0 Å². The van der Waals surface area contributed by atoms with E-state index in [9.17, 15) is 9.59 Å². The van der Waals surface area contributed by atoms with Gasteiger partial charge >= 0.3 is 11.9 Å². The molecule has 0 amide bonds. The van der Waals surface area contributed by atoms with Gasteiger partial charge in [-0.15, -0.1) is 0 Å². The van der Waals surface area contributed by atoms with Crippen LogP contribution in [0, 0.1) is 0 Å². The van der Waals surface area contributed by atoms with Crippen molar-refractivity contribution in [2.75, 3.05) is 132 Å². The zero-order chi connectivity index (χ0) is 41.2. The molecule has 0 aromatic heterocycles. The minimum atomic E-state index is -0.148. The lowest BCUT2D eigenvalue weighted by Crippen LogP contribution is -2.15. The zero-order valence-corrected chi connectivity index (χ0v) is 36.6. The quantitative estimate of drug-likeness (QED) is 0.0433. The van der Waals surface area contributed by atoms with Crippen LogP contribution in [0.15, 0.2) is 0 Å². The molecule has 340 valence electrons. The number of esters is 2. The second kappa shape index (κ2) is 50.7. The molecule has 0 radical (unpaired) electrons. The summed E-state index contributed by atoms with van der Waals surface area (Å²) in [6.07, 6.45) is 23.4. The average molecular weight is 823 g/mol. The molecule has 57 heavy (non-hydrogen) atoms. The first-order valence-electron chi connectivity index (χ1n) is 22.7. The summed E-state index contributed by atoms with van der Waals surface area (Å²) in [6, 6.07) is 0. The number of carbonyl (C=O) groups is 2. The Balaban J connectivity index is 3.15. The Morgan fingerprint density at radius 1 is 0.246 bits per heavy atom. The fraction of sp³-hybridized carbons (Fsp3) is 0.955. The van der Waals surface area contributed by atoms with Gasteiger partial charge < -0.3 is 52.1 Å². The lowest BCUT2D eigenvalue weighted by molar-refractivity contribution is -0.146. The molecular formula is C44H86O13. The zero-order valence-electron chi connectivity index (χ0n) is 36.6. The van der Waals surface area contributed by atoms with Crippen LogP contribution in [0.25, 0.3) is 0 Å². The van der Waals surface area contributed by atoms with Crippen molar-refractivity contribution >= 4 is 11.9 Å². The highest BCUT2D eigenvalue weighted by Crippen LogP contribution is 2.13. The molecule has 0 aliphatic heterocycles. The summed E-state index contributed by atoms with van der Waals surface area (Å²) in [5, 5.41) is 0. The summed E-state index contributed by atoms with van der Waals surface area (Å²) >= 11 is 0. The van der Waals surface area contributed by atoms with Gasteiger partial charge in [0.25, 0.3) is 0 Å². The number of carbonyl (C=O) groups excluding carboxylic acids is 2. The number of ether oxygens (including phenoxy) is 11. The Bertz CT molecular complexity index is 789. The Morgan fingerprint density at radius 2 is 0.421 bits per heavy atom. The lowest BCUT2D eigenvalue weighted by Gasteiger charge is -2.09. The van der Waals surface area contributed by atoms with E-state index in [1.807, 2.05) is 0 Å². The number of hydrogen-bond acceptors (Lipinski definition) is 13. The minimum absolute atomic E-state index is 0.134. The van der Waals surface area contributed by atoms with Gasteiger partial charge in [0.05, 0.1) is 119 Å². The van der Waals surface area contributed by atoms with Crippen molar-refractivity contribution in [3.8, 4) is 0 Å². The van der Waals surface area contributed by atoms with Crippen LogP contribution < -0.4 is 0 Å². The molecule has 0 aromatic rings. The highest BCUT2D eigenvalue weighted by Gasteiger charge is 2.04. The topological polar surface area (TPSA) is 136 Å². The summed E-state index contributed by atoms with van der Waals surface area (Å²) in [7, 11) is 0. The van der Waals surface area contributed by atoms with E-state index in [2.05, 4.69) is 13.8 Å². The first-order chi connectivity index (χ1) is 28.2. The van der Waals surface area contributed by atoms with Crippen molar-refractivity contribution in [2.45, 2.75) is 142 Å². The molecule has 0 spiro atoms. The van der Waals surface area contributed by atoms with E-state index in [1.54, 1.807) is 0 Å². The van der Waals surface area contributed by atoms with Crippen LogP contribution in [0.2, 0.25) is 0 Å². The van der Waals surface area contributed by atoms with Gasteiger partial charge in [0.2, 0.25) is 0 Å². The first-order valence-corrected chi connectivity index (χ1v) is 22.7. The Morgan fingerprint density at radius 3 is 0.632 bits per heavy atom. The Kier molecular flexibility index (Phi) is 49.5. The minimum Gasteiger partial charge on any atom is -0.463 e. The van der Waals surface area contributed by atoms with E-state index in [0.717, 1.165) is 25.7 Å². The van der Waals surface area contributed by atoms with Crippen LogP contribution in [0.4, 0.5) is 0 Å². The fourth-order valence-corrected chi connectivity index (χ4v) is 5.59. The SMILES string of the molecule is CCCCCCCCCCCCCCCC(=O)OCCOCCOCCOCCOCCOCCOCCOCCOCCOCCOC(=O)CCCCCCC. The second-order valence-electron chi connectivity index (χ2n) is 14.1. The molecule has 0 unspecified atom stereocenters. The fourth-order valence-electron chi connectivity index (χ4n) is 5.59. The molecule has 0 atom stereocenters. The third-order valence-electron chi connectivity index (χ3n) is 8.93. The summed E-state index contributed by atoms with van der Waals surface area (Å²) in [5.41, 5.74) is 0. The smallest absolute Gasteiger partial charge is 0.305 e. The van der Waals surface area contributed by atoms with Gasteiger partial charge in [-0.3, -0.25) is 9.59 Å². The first kappa shape index (κ1) is 55.6. The summed E-state index contributed by atoms with van der Waals surface area (Å²) in [4.78, 5) is 23.5. The standard InChI is InChI=1S/C44H86O13/c1-3-5-7-9-10-11-12-13-14-15-16-18-20-22-44(46)57-42-40-55-38-36-53-34-32-51-30-28-49-26-24-47-23-25-48-27-29-50-31-33-52-35-37-54-39-41-56-43(45)21-19-17-8-6-4-2/h3-42H2,1-2H3. The van der Waals surface area contributed by atoms with Gasteiger partial charge in [-0.05, 0) is 12.8 Å². The van der Waals surface area contributed by atoms with Crippen LogP contribution in [0.1, 0.15) is 142 Å². The molecule has 0 heterocycles. The van der Waals surface area contributed by atoms with Crippen LogP contribution in [-0.2, 0) is 61.7 Å². The molecule has 0 saturated carbocycles. The maximum absolute atomic E-state index is 11.9. The van der Waals surface area contributed by atoms with Gasteiger partial charge in [0.15, 0.2) is 0 Å². The highest BCUT2D eigenvalue weighted by molar-refractivity contribution is 5.69. The monoisotopic (exact) mass is 823 g/mol. The van der Waals surface area contributed by atoms with E-state index >= 15 is 0 Å². The van der Waals surface area contributed by atoms with E-state index in [1.165, 1.54) is 89.9 Å². The summed E-state index contributed by atoms with van der Waals surface area (Å²) < 4.78 is 59.8. The van der Waals surface area contributed by atoms with E-state index in [0.29, 0.717) is 132 Å². The molecule has 0 saturated heterocycles. The second-order valence-corrected chi connectivity index (χ2v) is 14.1. The maximum Gasteiger partial charge on any atom is 0.305 e. The van der Waals surface area contributed by atoms with Crippen molar-refractivity contribution in [3.05, 3.63) is 0 Å². The van der Waals surface area contributed by atoms with Crippen molar-refractivity contribution in [1.82, 2.24) is 0 Å². The van der Waals surface area contributed by atoms with Crippen LogP contribution in [0.5, 0.6) is 0 Å². The molecular weight excluding hydrogens is 736 g/mol. The lowest BCUT2D eigenvalue weighted by atomic mass is 10.0. The Hall–Kier alpha value is -1.42. The summed E-state index contributed by atoms with van der Waals surface area (Å²) in [6.45, 7) is 13.5. The molecule has 0 fully saturated rings. The molecule has 0 aliphatic rings. The molecule has 0 aromatic carbocycles. The largest absolute Gasteiger partial charge is 0.463 e.